The summed E-state index contributed by atoms with van der Waals surface area (Å²) < 4.78 is 4.51. The lowest BCUT2D eigenvalue weighted by Crippen LogP contribution is -2.19. The predicted molar refractivity (Wildman–Crippen MR) is 84.1 cm³/mol. The van der Waals surface area contributed by atoms with Crippen molar-refractivity contribution in [3.05, 3.63) is 58.7 Å². The van der Waals surface area contributed by atoms with Gasteiger partial charge in [-0.15, -0.1) is 0 Å². The molecule has 0 atom stereocenters. The van der Waals surface area contributed by atoms with Gasteiger partial charge in [0.25, 0.3) is 0 Å². The molecule has 2 aromatic carbocycles. The second-order valence-electron chi connectivity index (χ2n) is 4.87. The Hall–Kier alpha value is -3.68. The highest BCUT2D eigenvalue weighted by atomic mass is 16.5. The monoisotopic (exact) mass is 344 g/mol. The van der Waals surface area contributed by atoms with Crippen LogP contribution in [0.25, 0.3) is 11.1 Å². The van der Waals surface area contributed by atoms with E-state index >= 15 is 0 Å². The summed E-state index contributed by atoms with van der Waals surface area (Å²) in [6.07, 6.45) is 0. The third kappa shape index (κ3) is 3.18. The molecule has 0 aromatic heterocycles. The van der Waals surface area contributed by atoms with Crippen LogP contribution in [0.1, 0.15) is 41.4 Å². The zero-order valence-corrected chi connectivity index (χ0v) is 12.8. The molecule has 0 amide bonds. The van der Waals surface area contributed by atoms with E-state index in [2.05, 4.69) is 4.74 Å². The summed E-state index contributed by atoms with van der Waals surface area (Å²) in [5, 5.41) is 28.3. The minimum absolute atomic E-state index is 0.144. The van der Waals surface area contributed by atoms with Gasteiger partial charge in [-0.3, -0.25) is 0 Å². The van der Waals surface area contributed by atoms with Crippen molar-refractivity contribution in [2.75, 3.05) is 7.11 Å². The molecular weight excluding hydrogens is 332 g/mol. The van der Waals surface area contributed by atoms with Gasteiger partial charge in [-0.1, -0.05) is 30.3 Å². The predicted octanol–water partition coefficient (Wildman–Crippen LogP) is 2.23. The van der Waals surface area contributed by atoms with Gasteiger partial charge in [-0.2, -0.15) is 0 Å². The maximum absolute atomic E-state index is 12.0. The summed E-state index contributed by atoms with van der Waals surface area (Å²) in [5.41, 5.74) is -2.84. The molecule has 0 bridgehead atoms. The SMILES string of the molecule is COC(=O)c1cc(C(=O)O)c(C(=O)O)c(-c2ccccc2)c1C(=O)O. The van der Waals surface area contributed by atoms with Gasteiger partial charge in [-0.05, 0) is 11.6 Å². The number of rotatable bonds is 5. The van der Waals surface area contributed by atoms with Gasteiger partial charge < -0.3 is 20.1 Å². The Morgan fingerprint density at radius 2 is 1.32 bits per heavy atom. The van der Waals surface area contributed by atoms with E-state index in [1.54, 1.807) is 6.07 Å². The molecule has 0 saturated carbocycles. The lowest BCUT2D eigenvalue weighted by molar-refractivity contribution is 0.0580. The van der Waals surface area contributed by atoms with Gasteiger partial charge in [0.05, 0.1) is 29.4 Å². The number of benzene rings is 2. The van der Waals surface area contributed by atoms with Crippen LogP contribution in [0, 0.1) is 0 Å². The fraction of sp³-hybridized carbons (Fsp3) is 0.0588. The van der Waals surface area contributed by atoms with Gasteiger partial charge in [0.15, 0.2) is 0 Å². The van der Waals surface area contributed by atoms with Gasteiger partial charge in [-0.25, -0.2) is 19.2 Å². The van der Waals surface area contributed by atoms with Crippen molar-refractivity contribution in [1.82, 2.24) is 0 Å². The number of hydrogen-bond acceptors (Lipinski definition) is 5. The summed E-state index contributed by atoms with van der Waals surface area (Å²) in [6, 6.07) is 8.21. The summed E-state index contributed by atoms with van der Waals surface area (Å²) in [5.74, 6) is -5.92. The second kappa shape index (κ2) is 6.83. The number of esters is 1. The first-order valence-electron chi connectivity index (χ1n) is 6.84. The van der Waals surface area contributed by atoms with E-state index in [0.29, 0.717) is 6.07 Å². The Morgan fingerprint density at radius 3 is 1.76 bits per heavy atom. The number of carboxylic acid groups (broad SMARTS) is 3. The molecule has 0 aliphatic rings. The van der Waals surface area contributed by atoms with E-state index in [0.717, 1.165) is 7.11 Å². The van der Waals surface area contributed by atoms with Crippen molar-refractivity contribution in [3.8, 4) is 11.1 Å². The van der Waals surface area contributed by atoms with E-state index in [-0.39, 0.29) is 11.1 Å². The number of hydrogen-bond donors (Lipinski definition) is 3. The largest absolute Gasteiger partial charge is 0.478 e. The molecule has 0 fully saturated rings. The van der Waals surface area contributed by atoms with Crippen LogP contribution in [0.5, 0.6) is 0 Å². The molecule has 0 heterocycles. The van der Waals surface area contributed by atoms with Crippen molar-refractivity contribution in [1.29, 1.82) is 0 Å². The third-order valence-electron chi connectivity index (χ3n) is 3.45. The van der Waals surface area contributed by atoms with Gasteiger partial charge >= 0.3 is 23.9 Å². The van der Waals surface area contributed by atoms with Crippen molar-refractivity contribution in [3.63, 3.8) is 0 Å². The van der Waals surface area contributed by atoms with Gasteiger partial charge in [0.1, 0.15) is 0 Å². The van der Waals surface area contributed by atoms with Crippen LogP contribution in [0.3, 0.4) is 0 Å². The standard InChI is InChI=1S/C17H12O8/c1-25-17(24)10-7-9(14(18)19)12(15(20)21)11(13(10)16(22)23)8-5-3-2-4-6-8/h2-7H,1H3,(H,18,19)(H,20,21)(H,22,23). The maximum atomic E-state index is 12.0. The zero-order chi connectivity index (χ0) is 18.7. The Kier molecular flexibility index (Phi) is 4.83. The van der Waals surface area contributed by atoms with Crippen molar-refractivity contribution in [2.24, 2.45) is 0 Å². The van der Waals surface area contributed by atoms with Crippen LogP contribution >= 0.6 is 0 Å². The fourth-order valence-corrected chi connectivity index (χ4v) is 2.46. The average molecular weight is 344 g/mol. The molecule has 2 aromatic rings. The first-order valence-corrected chi connectivity index (χ1v) is 6.84. The molecule has 0 unspecified atom stereocenters. The smallest absolute Gasteiger partial charge is 0.338 e. The molecule has 0 radical (unpaired) electrons. The molecule has 3 N–H and O–H groups in total. The number of carboxylic acids is 3. The topological polar surface area (TPSA) is 138 Å². The van der Waals surface area contributed by atoms with Crippen LogP contribution in [0.4, 0.5) is 0 Å². The molecule has 128 valence electrons. The van der Waals surface area contributed by atoms with Gasteiger partial charge in [0, 0.05) is 5.56 Å². The molecule has 2 rings (SSSR count). The summed E-state index contributed by atoms with van der Waals surface area (Å²) in [4.78, 5) is 46.9. The Balaban J connectivity index is 3.10. The van der Waals surface area contributed by atoms with Crippen molar-refractivity contribution in [2.45, 2.75) is 0 Å². The zero-order valence-electron chi connectivity index (χ0n) is 12.8. The quantitative estimate of drug-likeness (QED) is 0.702. The number of ether oxygens (including phenoxy) is 1. The number of carbonyl (C=O) groups is 4. The third-order valence-corrected chi connectivity index (χ3v) is 3.45. The highest BCUT2D eigenvalue weighted by molar-refractivity contribution is 6.16. The Morgan fingerprint density at radius 1 is 0.800 bits per heavy atom. The molecule has 25 heavy (non-hydrogen) atoms. The minimum atomic E-state index is -1.63. The molecule has 0 saturated heterocycles. The first kappa shape index (κ1) is 17.7. The van der Waals surface area contributed by atoms with E-state index < -0.39 is 46.1 Å². The normalized spacial score (nSPS) is 10.1. The Labute approximate surface area is 140 Å². The summed E-state index contributed by atoms with van der Waals surface area (Å²) in [6.45, 7) is 0. The fourth-order valence-electron chi connectivity index (χ4n) is 2.46. The highest BCUT2D eigenvalue weighted by Gasteiger charge is 2.32. The minimum Gasteiger partial charge on any atom is -0.478 e. The van der Waals surface area contributed by atoms with Crippen LogP contribution < -0.4 is 0 Å². The molecular formula is C17H12O8. The van der Waals surface area contributed by atoms with Crippen LogP contribution in [0.15, 0.2) is 36.4 Å². The number of aromatic carboxylic acids is 3. The van der Waals surface area contributed by atoms with Crippen LogP contribution in [0.2, 0.25) is 0 Å². The summed E-state index contributed by atoms with van der Waals surface area (Å²) >= 11 is 0. The van der Waals surface area contributed by atoms with E-state index in [4.69, 9.17) is 0 Å². The van der Waals surface area contributed by atoms with E-state index in [9.17, 15) is 34.5 Å². The van der Waals surface area contributed by atoms with E-state index in [1.165, 1.54) is 24.3 Å². The molecule has 0 aliphatic heterocycles. The summed E-state index contributed by atoms with van der Waals surface area (Å²) in [7, 11) is 1.00. The molecule has 0 spiro atoms. The molecule has 8 heteroatoms. The van der Waals surface area contributed by atoms with E-state index in [1.807, 2.05) is 0 Å². The lowest BCUT2D eigenvalue weighted by atomic mass is 9.87. The van der Waals surface area contributed by atoms with Crippen LogP contribution in [-0.4, -0.2) is 46.3 Å². The second-order valence-corrected chi connectivity index (χ2v) is 4.87. The van der Waals surface area contributed by atoms with Crippen LogP contribution in [-0.2, 0) is 4.74 Å². The maximum Gasteiger partial charge on any atom is 0.338 e. The number of carbonyl (C=O) groups excluding carboxylic acids is 1. The highest BCUT2D eigenvalue weighted by Crippen LogP contribution is 2.33. The van der Waals surface area contributed by atoms with Crippen molar-refractivity contribution < 1.29 is 39.2 Å². The molecule has 0 aliphatic carbocycles. The average Bonchev–Trinajstić information content (AvgIpc) is 2.59. The number of methoxy groups -OCH3 is 1. The molecule has 8 nitrogen and oxygen atoms in total. The Bertz CT molecular complexity index is 883. The first-order chi connectivity index (χ1) is 11.8. The lowest BCUT2D eigenvalue weighted by Gasteiger charge is -2.16. The van der Waals surface area contributed by atoms with Gasteiger partial charge in [0.2, 0.25) is 0 Å². The van der Waals surface area contributed by atoms with Crippen molar-refractivity contribution >= 4 is 23.9 Å².